The van der Waals surface area contributed by atoms with E-state index in [-0.39, 0.29) is 11.9 Å². The van der Waals surface area contributed by atoms with Gasteiger partial charge in [-0.25, -0.2) is 9.67 Å². The van der Waals surface area contributed by atoms with Crippen molar-refractivity contribution in [1.29, 1.82) is 0 Å². The molecule has 0 aliphatic carbocycles. The number of nitrogens with zero attached hydrogens (tertiary/aromatic N) is 3. The molecule has 5 rings (SSSR count). The van der Waals surface area contributed by atoms with E-state index in [1.54, 1.807) is 17.5 Å². The number of ether oxygens (including phenoxy) is 2. The average molecular weight is 435 g/mol. The molecule has 1 unspecified atom stereocenters. The first-order chi connectivity index (χ1) is 15.1. The lowest BCUT2D eigenvalue weighted by Gasteiger charge is -2.21. The third kappa shape index (κ3) is 3.86. The van der Waals surface area contributed by atoms with Gasteiger partial charge in [0.25, 0.3) is 5.91 Å². The SMILES string of the molecule is Cc1cc(C(=O)NC(C)c2ccc3c(c2)OCCO3)c2cnn(Cc3cccs3)c2n1. The zero-order valence-electron chi connectivity index (χ0n) is 17.3. The van der Waals surface area contributed by atoms with Gasteiger partial charge in [-0.1, -0.05) is 12.1 Å². The van der Waals surface area contributed by atoms with Crippen molar-refractivity contribution in [2.75, 3.05) is 13.2 Å². The molecular formula is C23H22N4O3S. The third-order valence-electron chi connectivity index (χ3n) is 5.28. The summed E-state index contributed by atoms with van der Waals surface area (Å²) >= 11 is 1.67. The molecule has 3 aromatic heterocycles. The zero-order valence-corrected chi connectivity index (χ0v) is 18.1. The normalized spacial score (nSPS) is 13.9. The summed E-state index contributed by atoms with van der Waals surface area (Å²) in [6.07, 6.45) is 1.72. The topological polar surface area (TPSA) is 78.3 Å². The summed E-state index contributed by atoms with van der Waals surface area (Å²) in [5.74, 6) is 1.29. The molecule has 1 aromatic carbocycles. The molecular weight excluding hydrogens is 412 g/mol. The molecule has 1 atom stereocenters. The highest BCUT2D eigenvalue weighted by Gasteiger charge is 2.20. The number of carbonyl (C=O) groups excluding carboxylic acids is 1. The summed E-state index contributed by atoms with van der Waals surface area (Å²) < 4.78 is 13.1. The second-order valence-corrected chi connectivity index (χ2v) is 8.56. The van der Waals surface area contributed by atoms with Crippen molar-refractivity contribution in [2.24, 2.45) is 0 Å². The molecule has 4 aromatic rings. The first-order valence-corrected chi connectivity index (χ1v) is 11.0. The Labute approximate surface area is 183 Å². The van der Waals surface area contributed by atoms with E-state index in [0.29, 0.717) is 36.7 Å². The second-order valence-electron chi connectivity index (χ2n) is 7.53. The first kappa shape index (κ1) is 19.6. The lowest BCUT2D eigenvalue weighted by molar-refractivity contribution is 0.0941. The number of fused-ring (bicyclic) bond motifs is 2. The molecule has 0 fully saturated rings. The minimum Gasteiger partial charge on any atom is -0.486 e. The Bertz CT molecular complexity index is 1250. The molecule has 31 heavy (non-hydrogen) atoms. The average Bonchev–Trinajstić information content (AvgIpc) is 3.43. The molecule has 1 aliphatic rings. The highest BCUT2D eigenvalue weighted by Crippen LogP contribution is 2.32. The van der Waals surface area contributed by atoms with E-state index in [2.05, 4.69) is 21.5 Å². The van der Waals surface area contributed by atoms with Gasteiger partial charge in [0.2, 0.25) is 0 Å². The molecule has 0 spiro atoms. The second kappa shape index (κ2) is 8.03. The fraction of sp³-hybridized carbons (Fsp3) is 0.261. The minimum absolute atomic E-state index is 0.159. The first-order valence-electron chi connectivity index (χ1n) is 10.1. The van der Waals surface area contributed by atoms with Gasteiger partial charge in [-0.3, -0.25) is 4.79 Å². The van der Waals surface area contributed by atoms with Gasteiger partial charge in [0.1, 0.15) is 13.2 Å². The van der Waals surface area contributed by atoms with Crippen LogP contribution in [0.4, 0.5) is 0 Å². The molecule has 4 heterocycles. The summed E-state index contributed by atoms with van der Waals surface area (Å²) in [4.78, 5) is 19.0. The van der Waals surface area contributed by atoms with Crippen molar-refractivity contribution in [1.82, 2.24) is 20.1 Å². The Morgan fingerprint density at radius 3 is 2.87 bits per heavy atom. The number of carbonyl (C=O) groups is 1. The zero-order chi connectivity index (χ0) is 21.4. The summed E-state index contributed by atoms with van der Waals surface area (Å²) in [5, 5.41) is 10.4. The standard InChI is InChI=1S/C23H22N4O3S/c1-14-10-18(19-12-24-27(22(19)25-14)13-17-4-3-9-31-17)23(28)26-15(2)16-5-6-20-21(11-16)30-8-7-29-20/h3-6,9-12,15H,7-8,13H2,1-2H3,(H,26,28). The van der Waals surface area contributed by atoms with Crippen LogP contribution < -0.4 is 14.8 Å². The summed E-state index contributed by atoms with van der Waals surface area (Å²) in [6, 6.07) is 11.4. The predicted molar refractivity (Wildman–Crippen MR) is 119 cm³/mol. The summed E-state index contributed by atoms with van der Waals surface area (Å²) in [7, 11) is 0. The lowest BCUT2D eigenvalue weighted by atomic mass is 10.1. The van der Waals surface area contributed by atoms with E-state index in [0.717, 1.165) is 22.4 Å². The summed E-state index contributed by atoms with van der Waals surface area (Å²) in [6.45, 7) is 5.56. The van der Waals surface area contributed by atoms with Crippen LogP contribution in [0.5, 0.6) is 11.5 Å². The predicted octanol–water partition coefficient (Wildman–Crippen LogP) is 4.11. The Hall–Kier alpha value is -3.39. The number of benzene rings is 1. The number of nitrogens with one attached hydrogen (secondary N) is 1. The number of thiophene rings is 1. The minimum atomic E-state index is -0.201. The molecule has 1 amide bonds. The maximum Gasteiger partial charge on any atom is 0.252 e. The number of hydrogen-bond acceptors (Lipinski definition) is 6. The Kier molecular flexibility index (Phi) is 5.07. The van der Waals surface area contributed by atoms with Gasteiger partial charge in [-0.05, 0) is 49.1 Å². The monoisotopic (exact) mass is 434 g/mol. The van der Waals surface area contributed by atoms with Crippen molar-refractivity contribution >= 4 is 28.3 Å². The van der Waals surface area contributed by atoms with Crippen molar-refractivity contribution in [3.8, 4) is 11.5 Å². The van der Waals surface area contributed by atoms with Gasteiger partial charge < -0.3 is 14.8 Å². The van der Waals surface area contributed by atoms with Crippen molar-refractivity contribution in [2.45, 2.75) is 26.4 Å². The molecule has 0 radical (unpaired) electrons. The van der Waals surface area contributed by atoms with Gasteiger partial charge in [0.15, 0.2) is 17.1 Å². The fourth-order valence-corrected chi connectivity index (χ4v) is 4.40. The van der Waals surface area contributed by atoms with Gasteiger partial charge in [-0.2, -0.15) is 5.10 Å². The Morgan fingerprint density at radius 1 is 1.23 bits per heavy atom. The summed E-state index contributed by atoms with van der Waals surface area (Å²) in [5.41, 5.74) is 3.01. The van der Waals surface area contributed by atoms with Crippen LogP contribution in [0.1, 0.15) is 39.5 Å². The molecule has 8 heteroatoms. The number of aromatic nitrogens is 3. The third-order valence-corrected chi connectivity index (χ3v) is 6.14. The van der Waals surface area contributed by atoms with Gasteiger partial charge in [-0.15, -0.1) is 11.3 Å². The maximum atomic E-state index is 13.2. The fourth-order valence-electron chi connectivity index (χ4n) is 3.71. The van der Waals surface area contributed by atoms with Crippen LogP contribution in [0.3, 0.4) is 0 Å². The molecule has 1 N–H and O–H groups in total. The Balaban J connectivity index is 1.41. The number of rotatable bonds is 5. The van der Waals surface area contributed by atoms with E-state index in [4.69, 9.17) is 9.47 Å². The van der Waals surface area contributed by atoms with Crippen LogP contribution in [0.2, 0.25) is 0 Å². The van der Waals surface area contributed by atoms with E-state index in [1.807, 2.05) is 54.2 Å². The molecule has 7 nitrogen and oxygen atoms in total. The van der Waals surface area contributed by atoms with Crippen LogP contribution >= 0.6 is 11.3 Å². The van der Waals surface area contributed by atoms with Crippen LogP contribution in [0.15, 0.2) is 48.0 Å². The number of amides is 1. The van der Waals surface area contributed by atoms with E-state index in [1.165, 1.54) is 4.88 Å². The van der Waals surface area contributed by atoms with Gasteiger partial charge >= 0.3 is 0 Å². The molecule has 0 saturated carbocycles. The smallest absolute Gasteiger partial charge is 0.252 e. The highest BCUT2D eigenvalue weighted by atomic mass is 32.1. The van der Waals surface area contributed by atoms with Crippen LogP contribution in [0, 0.1) is 6.92 Å². The highest BCUT2D eigenvalue weighted by molar-refractivity contribution is 7.09. The van der Waals surface area contributed by atoms with E-state index < -0.39 is 0 Å². The van der Waals surface area contributed by atoms with E-state index >= 15 is 0 Å². The Morgan fingerprint density at radius 2 is 2.06 bits per heavy atom. The molecule has 1 aliphatic heterocycles. The molecule has 0 bridgehead atoms. The molecule has 0 saturated heterocycles. The van der Waals surface area contributed by atoms with Crippen molar-refractivity contribution < 1.29 is 14.3 Å². The van der Waals surface area contributed by atoms with Crippen LogP contribution in [-0.2, 0) is 6.54 Å². The number of pyridine rings is 1. The number of aryl methyl sites for hydroxylation is 1. The quantitative estimate of drug-likeness (QED) is 0.511. The van der Waals surface area contributed by atoms with Crippen LogP contribution in [0.25, 0.3) is 11.0 Å². The van der Waals surface area contributed by atoms with Gasteiger partial charge in [0.05, 0.1) is 29.7 Å². The largest absolute Gasteiger partial charge is 0.486 e. The van der Waals surface area contributed by atoms with E-state index in [9.17, 15) is 4.79 Å². The number of hydrogen-bond donors (Lipinski definition) is 1. The van der Waals surface area contributed by atoms with Crippen LogP contribution in [-0.4, -0.2) is 33.9 Å². The van der Waals surface area contributed by atoms with Gasteiger partial charge in [0, 0.05) is 10.6 Å². The van der Waals surface area contributed by atoms with Crippen molar-refractivity contribution in [3.05, 3.63) is 69.7 Å². The molecule has 158 valence electrons. The van der Waals surface area contributed by atoms with Crippen molar-refractivity contribution in [3.63, 3.8) is 0 Å². The lowest BCUT2D eigenvalue weighted by Crippen LogP contribution is -2.27. The maximum absolute atomic E-state index is 13.2.